The van der Waals surface area contributed by atoms with Crippen LogP contribution in [0.25, 0.3) is 5.47 Å². The number of piperidine rings is 1. The molecular weight excluding hydrogens is 261 g/mol. The zero-order valence-corrected chi connectivity index (χ0v) is 13.5. The summed E-state index contributed by atoms with van der Waals surface area (Å²) >= 11 is 0. The van der Waals surface area contributed by atoms with E-state index in [1.54, 1.807) is 0 Å². The Morgan fingerprint density at radius 2 is 1.71 bits per heavy atom. The Kier molecular flexibility index (Phi) is 4.76. The fraction of sp³-hybridized carbons (Fsp3) is 0.471. The normalized spacial score (nSPS) is 15.8. The quantitative estimate of drug-likeness (QED) is 0.742. The Morgan fingerprint density at radius 1 is 1.14 bits per heavy atom. The highest BCUT2D eigenvalue weighted by molar-refractivity contribution is 6.42. The number of carbonyl (C=O) groups is 1. The lowest BCUT2D eigenvalue weighted by Gasteiger charge is -2.31. The molecular formula is C17H24BNO2. The Morgan fingerprint density at radius 3 is 2.24 bits per heavy atom. The molecule has 1 heterocycles. The van der Waals surface area contributed by atoms with Gasteiger partial charge in [-0.1, -0.05) is 41.4 Å². The van der Waals surface area contributed by atoms with Gasteiger partial charge in [0, 0.05) is 13.1 Å². The molecule has 1 aliphatic rings. The highest BCUT2D eigenvalue weighted by Crippen LogP contribution is 2.25. The summed E-state index contributed by atoms with van der Waals surface area (Å²) < 4.78 is 5.43. The summed E-state index contributed by atoms with van der Waals surface area (Å²) in [6, 6.07) is 10.4. The average Bonchev–Trinajstić information content (AvgIpc) is 2.46. The molecule has 21 heavy (non-hydrogen) atoms. The van der Waals surface area contributed by atoms with Crippen molar-refractivity contribution in [2.24, 2.45) is 0 Å². The van der Waals surface area contributed by atoms with E-state index in [0.29, 0.717) is 0 Å². The standard InChI is InChI=1S/C17H24BNO2/c1-17(2,3)21-16(20)19-11-9-14(10-12-19)15(18)13-7-5-4-6-8-13/h4-8H,9-12,18H2,1-3H3. The van der Waals surface area contributed by atoms with Gasteiger partial charge < -0.3 is 9.64 Å². The van der Waals surface area contributed by atoms with Gasteiger partial charge in [-0.05, 0) is 39.2 Å². The summed E-state index contributed by atoms with van der Waals surface area (Å²) in [6.07, 6.45) is 1.67. The molecule has 0 atom stereocenters. The van der Waals surface area contributed by atoms with Crippen molar-refractivity contribution in [1.29, 1.82) is 0 Å². The molecule has 0 unspecified atom stereocenters. The summed E-state index contributed by atoms with van der Waals surface area (Å²) in [5, 5.41) is 0. The van der Waals surface area contributed by atoms with Gasteiger partial charge in [-0.2, -0.15) is 0 Å². The lowest BCUT2D eigenvalue weighted by Crippen LogP contribution is -2.40. The van der Waals surface area contributed by atoms with Crippen molar-refractivity contribution in [1.82, 2.24) is 4.90 Å². The van der Waals surface area contributed by atoms with Crippen molar-refractivity contribution in [2.75, 3.05) is 13.1 Å². The van der Waals surface area contributed by atoms with E-state index >= 15 is 0 Å². The zero-order chi connectivity index (χ0) is 15.5. The molecule has 1 saturated heterocycles. The first-order valence-corrected chi connectivity index (χ1v) is 7.59. The largest absolute Gasteiger partial charge is 0.444 e. The van der Waals surface area contributed by atoms with Crippen molar-refractivity contribution in [2.45, 2.75) is 39.2 Å². The number of hydrogen-bond donors (Lipinski definition) is 0. The Hall–Kier alpha value is -1.71. The van der Waals surface area contributed by atoms with Crippen LogP contribution in [-0.2, 0) is 4.74 Å². The van der Waals surface area contributed by atoms with Gasteiger partial charge in [-0.15, -0.1) is 0 Å². The number of likely N-dealkylation sites (tertiary alicyclic amines) is 1. The maximum absolute atomic E-state index is 12.0. The van der Waals surface area contributed by atoms with Crippen LogP contribution in [0.2, 0.25) is 0 Å². The van der Waals surface area contributed by atoms with Crippen molar-refractivity contribution in [3.8, 4) is 0 Å². The zero-order valence-electron chi connectivity index (χ0n) is 13.5. The number of rotatable bonds is 1. The molecule has 3 nitrogen and oxygen atoms in total. The number of benzene rings is 1. The van der Waals surface area contributed by atoms with E-state index in [4.69, 9.17) is 4.74 Å². The van der Waals surface area contributed by atoms with Gasteiger partial charge in [0.1, 0.15) is 13.4 Å². The number of carbonyl (C=O) groups excluding carboxylic acids is 1. The molecule has 0 aromatic heterocycles. The third-order valence-corrected chi connectivity index (χ3v) is 3.76. The Balaban J connectivity index is 1.99. The van der Waals surface area contributed by atoms with Crippen LogP contribution < -0.4 is 0 Å². The van der Waals surface area contributed by atoms with Crippen LogP contribution in [0.15, 0.2) is 35.9 Å². The van der Waals surface area contributed by atoms with Gasteiger partial charge >= 0.3 is 6.09 Å². The van der Waals surface area contributed by atoms with Crippen LogP contribution in [0.4, 0.5) is 4.79 Å². The molecule has 0 saturated carbocycles. The van der Waals surface area contributed by atoms with Crippen LogP contribution in [0.1, 0.15) is 39.2 Å². The van der Waals surface area contributed by atoms with E-state index in [2.05, 4.69) is 32.1 Å². The maximum atomic E-state index is 12.0. The lowest BCUT2D eigenvalue weighted by molar-refractivity contribution is 0.0237. The Bertz CT molecular complexity index is 521. The first-order chi connectivity index (χ1) is 9.87. The molecule has 2 rings (SSSR count). The minimum Gasteiger partial charge on any atom is -0.444 e. The SMILES string of the molecule is BC(=C1CCN(C(=O)OC(C)(C)C)CC1)c1ccccc1. The predicted octanol–water partition coefficient (Wildman–Crippen LogP) is 3.06. The molecule has 4 heteroatoms. The van der Waals surface area contributed by atoms with E-state index < -0.39 is 5.60 Å². The second kappa shape index (κ2) is 6.38. The average molecular weight is 285 g/mol. The van der Waals surface area contributed by atoms with Gasteiger partial charge in [0.2, 0.25) is 0 Å². The second-order valence-corrected chi connectivity index (χ2v) is 6.56. The number of nitrogens with zero attached hydrogens (tertiary/aromatic N) is 1. The third kappa shape index (κ3) is 4.38. The molecule has 0 aliphatic carbocycles. The van der Waals surface area contributed by atoms with E-state index in [1.807, 2.05) is 31.7 Å². The summed E-state index contributed by atoms with van der Waals surface area (Å²) in [4.78, 5) is 13.9. The summed E-state index contributed by atoms with van der Waals surface area (Å²) in [7, 11) is 2.17. The van der Waals surface area contributed by atoms with Crippen LogP contribution in [0.3, 0.4) is 0 Å². The molecule has 0 N–H and O–H groups in total. The monoisotopic (exact) mass is 285 g/mol. The minimum atomic E-state index is -0.423. The summed E-state index contributed by atoms with van der Waals surface area (Å²) in [5.74, 6) is 0. The van der Waals surface area contributed by atoms with E-state index in [1.165, 1.54) is 16.6 Å². The predicted molar refractivity (Wildman–Crippen MR) is 88.9 cm³/mol. The van der Waals surface area contributed by atoms with Crippen molar-refractivity contribution >= 4 is 19.4 Å². The van der Waals surface area contributed by atoms with Crippen LogP contribution in [-0.4, -0.2) is 37.5 Å². The topological polar surface area (TPSA) is 29.5 Å². The molecule has 0 radical (unpaired) electrons. The number of hydrogen-bond acceptors (Lipinski definition) is 2. The third-order valence-electron chi connectivity index (χ3n) is 3.76. The maximum Gasteiger partial charge on any atom is 0.410 e. The Labute approximate surface area is 128 Å². The summed E-state index contributed by atoms with van der Waals surface area (Å²) in [6.45, 7) is 7.20. The molecule has 112 valence electrons. The fourth-order valence-electron chi connectivity index (χ4n) is 2.55. The lowest BCUT2D eigenvalue weighted by atomic mass is 9.81. The molecule has 1 fully saturated rings. The minimum absolute atomic E-state index is 0.195. The highest BCUT2D eigenvalue weighted by atomic mass is 16.6. The molecule has 0 bridgehead atoms. The van der Waals surface area contributed by atoms with Gasteiger partial charge in [-0.3, -0.25) is 0 Å². The van der Waals surface area contributed by atoms with Crippen molar-refractivity contribution < 1.29 is 9.53 Å². The fourth-order valence-corrected chi connectivity index (χ4v) is 2.55. The van der Waals surface area contributed by atoms with Crippen LogP contribution in [0.5, 0.6) is 0 Å². The smallest absolute Gasteiger partial charge is 0.410 e. The first-order valence-electron chi connectivity index (χ1n) is 7.59. The molecule has 1 amide bonds. The summed E-state index contributed by atoms with van der Waals surface area (Å²) in [5.41, 5.74) is 3.64. The van der Waals surface area contributed by atoms with Crippen LogP contribution >= 0.6 is 0 Å². The number of amides is 1. The molecule has 1 aromatic carbocycles. The van der Waals surface area contributed by atoms with E-state index in [0.717, 1.165) is 25.9 Å². The van der Waals surface area contributed by atoms with Gasteiger partial charge in [0.25, 0.3) is 0 Å². The van der Waals surface area contributed by atoms with E-state index in [9.17, 15) is 4.79 Å². The van der Waals surface area contributed by atoms with Crippen LogP contribution in [0, 0.1) is 0 Å². The van der Waals surface area contributed by atoms with Gasteiger partial charge in [0.05, 0.1) is 0 Å². The second-order valence-electron chi connectivity index (χ2n) is 6.56. The highest BCUT2D eigenvalue weighted by Gasteiger charge is 2.25. The molecule has 1 aliphatic heterocycles. The number of ether oxygens (including phenoxy) is 1. The van der Waals surface area contributed by atoms with Crippen molar-refractivity contribution in [3.05, 3.63) is 41.5 Å². The molecule has 1 aromatic rings. The van der Waals surface area contributed by atoms with Gasteiger partial charge in [-0.25, -0.2) is 4.79 Å². The van der Waals surface area contributed by atoms with Crippen molar-refractivity contribution in [3.63, 3.8) is 0 Å². The van der Waals surface area contributed by atoms with Gasteiger partial charge in [0.15, 0.2) is 0 Å². The van der Waals surface area contributed by atoms with E-state index in [-0.39, 0.29) is 6.09 Å². The first kappa shape index (κ1) is 15.7. The molecule has 0 spiro atoms.